The van der Waals surface area contributed by atoms with E-state index in [1.165, 1.54) is 9.13 Å². The third-order valence-electron chi connectivity index (χ3n) is 6.65. The summed E-state index contributed by atoms with van der Waals surface area (Å²) in [6.07, 6.45) is 0. The molecule has 0 aliphatic heterocycles. The molecule has 0 aliphatic rings. The molecule has 0 saturated heterocycles. The maximum atomic E-state index is 13.8. The summed E-state index contributed by atoms with van der Waals surface area (Å²) >= 11 is 0. The molecule has 7 nitrogen and oxygen atoms in total. The van der Waals surface area contributed by atoms with E-state index in [0.29, 0.717) is 16.7 Å². The first kappa shape index (κ1) is 23.4. The highest BCUT2D eigenvalue weighted by atomic mass is 16.2. The molecule has 182 valence electrons. The van der Waals surface area contributed by atoms with Crippen LogP contribution in [0.25, 0.3) is 21.9 Å². The van der Waals surface area contributed by atoms with Gasteiger partial charge in [0, 0.05) is 18.1 Å². The SMILES string of the molecule is Cc1ccc(NC(=O)Cn2c(=O)n(Cc3ccccc3)c(=O)c3c2c2cc(C)ccc2n3C)c(C)c1. The standard InChI is InChI=1S/C29H28N4O3/c1-18-10-12-23(20(3)14-18)30-25(34)17-32-26-22-15-19(2)11-13-24(22)31(4)27(26)28(35)33(29(32)36)16-21-8-6-5-7-9-21/h5-15H,16-17H2,1-4H3,(H,30,34). The molecule has 7 heteroatoms. The topological polar surface area (TPSA) is 78.0 Å². The van der Waals surface area contributed by atoms with Crippen molar-refractivity contribution in [2.24, 2.45) is 7.05 Å². The monoisotopic (exact) mass is 480 g/mol. The van der Waals surface area contributed by atoms with E-state index in [0.717, 1.165) is 33.2 Å². The number of benzene rings is 3. The zero-order valence-corrected chi connectivity index (χ0v) is 20.8. The van der Waals surface area contributed by atoms with Gasteiger partial charge in [-0.3, -0.25) is 18.7 Å². The van der Waals surface area contributed by atoms with Crippen molar-refractivity contribution in [3.8, 4) is 0 Å². The van der Waals surface area contributed by atoms with Gasteiger partial charge in [-0.15, -0.1) is 0 Å². The summed E-state index contributed by atoms with van der Waals surface area (Å²) in [6.45, 7) is 5.79. The summed E-state index contributed by atoms with van der Waals surface area (Å²) in [5, 5.41) is 3.71. The Labute approximate surface area is 208 Å². The molecule has 5 aromatic rings. The molecule has 36 heavy (non-hydrogen) atoms. The number of hydrogen-bond donors (Lipinski definition) is 1. The summed E-state index contributed by atoms with van der Waals surface area (Å²) in [6, 6.07) is 21.0. The third kappa shape index (κ3) is 4.02. The highest BCUT2D eigenvalue weighted by molar-refractivity contribution is 6.06. The quantitative estimate of drug-likeness (QED) is 0.408. The lowest BCUT2D eigenvalue weighted by Gasteiger charge is -2.14. The number of nitrogens with zero attached hydrogens (tertiary/aromatic N) is 3. The Balaban J connectivity index is 1.71. The lowest BCUT2D eigenvalue weighted by Crippen LogP contribution is -2.42. The normalized spacial score (nSPS) is 11.3. The van der Waals surface area contributed by atoms with E-state index in [-0.39, 0.29) is 24.6 Å². The van der Waals surface area contributed by atoms with E-state index in [2.05, 4.69) is 5.32 Å². The molecule has 0 unspecified atom stereocenters. The van der Waals surface area contributed by atoms with Crippen molar-refractivity contribution in [2.75, 3.05) is 5.32 Å². The molecule has 0 fully saturated rings. The number of fused-ring (bicyclic) bond motifs is 3. The molecular weight excluding hydrogens is 452 g/mol. The number of carbonyl (C=O) groups is 1. The van der Waals surface area contributed by atoms with Crippen molar-refractivity contribution in [3.05, 3.63) is 110 Å². The van der Waals surface area contributed by atoms with Crippen molar-refractivity contribution >= 4 is 33.5 Å². The van der Waals surface area contributed by atoms with Crippen molar-refractivity contribution in [3.63, 3.8) is 0 Å². The molecule has 5 rings (SSSR count). The highest BCUT2D eigenvalue weighted by Gasteiger charge is 2.22. The minimum absolute atomic E-state index is 0.119. The van der Waals surface area contributed by atoms with Crippen LogP contribution in [0.5, 0.6) is 0 Å². The lowest BCUT2D eigenvalue weighted by molar-refractivity contribution is -0.116. The Kier molecular flexibility index (Phi) is 5.84. The molecule has 1 amide bonds. The van der Waals surface area contributed by atoms with Crippen molar-refractivity contribution < 1.29 is 4.79 Å². The van der Waals surface area contributed by atoms with Gasteiger partial charge < -0.3 is 9.88 Å². The van der Waals surface area contributed by atoms with Crippen LogP contribution in [0.3, 0.4) is 0 Å². The Hall–Kier alpha value is -4.39. The number of aromatic nitrogens is 3. The second kappa shape index (κ2) is 9.00. The number of rotatable bonds is 5. The molecule has 0 atom stereocenters. The fraction of sp³-hybridized carbons (Fsp3) is 0.207. The van der Waals surface area contributed by atoms with Gasteiger partial charge in [-0.1, -0.05) is 59.7 Å². The van der Waals surface area contributed by atoms with Crippen LogP contribution in [0, 0.1) is 20.8 Å². The Morgan fingerprint density at radius 3 is 2.25 bits per heavy atom. The summed E-state index contributed by atoms with van der Waals surface area (Å²) < 4.78 is 4.46. The number of nitrogens with one attached hydrogen (secondary N) is 1. The predicted molar refractivity (Wildman–Crippen MR) is 144 cm³/mol. The summed E-state index contributed by atoms with van der Waals surface area (Å²) in [4.78, 5) is 40.7. The number of hydrogen-bond acceptors (Lipinski definition) is 3. The van der Waals surface area contributed by atoms with Gasteiger partial charge in [0.2, 0.25) is 5.91 Å². The van der Waals surface area contributed by atoms with Crippen LogP contribution in [0.2, 0.25) is 0 Å². The molecule has 0 saturated carbocycles. The van der Waals surface area contributed by atoms with Gasteiger partial charge in [-0.05, 0) is 50.1 Å². The van der Waals surface area contributed by atoms with Crippen LogP contribution >= 0.6 is 0 Å². The minimum Gasteiger partial charge on any atom is -0.338 e. The van der Waals surface area contributed by atoms with Crippen LogP contribution in [-0.2, 0) is 24.9 Å². The molecular formula is C29H28N4O3. The van der Waals surface area contributed by atoms with Crippen LogP contribution < -0.4 is 16.6 Å². The van der Waals surface area contributed by atoms with Gasteiger partial charge in [0.25, 0.3) is 5.56 Å². The summed E-state index contributed by atoms with van der Waals surface area (Å²) in [7, 11) is 1.82. The average Bonchev–Trinajstić information content (AvgIpc) is 3.13. The van der Waals surface area contributed by atoms with Gasteiger partial charge >= 0.3 is 5.69 Å². The van der Waals surface area contributed by atoms with E-state index < -0.39 is 5.69 Å². The Morgan fingerprint density at radius 1 is 0.833 bits per heavy atom. The fourth-order valence-corrected chi connectivity index (χ4v) is 4.85. The number of aryl methyl sites for hydroxylation is 4. The van der Waals surface area contributed by atoms with Crippen molar-refractivity contribution in [1.82, 2.24) is 13.7 Å². The van der Waals surface area contributed by atoms with E-state index in [9.17, 15) is 14.4 Å². The first-order valence-electron chi connectivity index (χ1n) is 11.9. The van der Waals surface area contributed by atoms with Crippen molar-refractivity contribution in [2.45, 2.75) is 33.9 Å². The first-order valence-corrected chi connectivity index (χ1v) is 11.9. The van der Waals surface area contributed by atoms with Crippen LogP contribution in [-0.4, -0.2) is 19.6 Å². The van der Waals surface area contributed by atoms with Gasteiger partial charge in [0.1, 0.15) is 12.1 Å². The molecule has 0 radical (unpaired) electrons. The smallest absolute Gasteiger partial charge is 0.332 e. The first-order chi connectivity index (χ1) is 17.2. The van der Waals surface area contributed by atoms with Crippen LogP contribution in [0.4, 0.5) is 5.69 Å². The molecule has 2 aromatic heterocycles. The molecule has 0 aliphatic carbocycles. The minimum atomic E-state index is -0.513. The van der Waals surface area contributed by atoms with Crippen LogP contribution in [0.15, 0.2) is 76.3 Å². The number of amides is 1. The van der Waals surface area contributed by atoms with E-state index >= 15 is 0 Å². The number of anilines is 1. The predicted octanol–water partition coefficient (Wildman–Crippen LogP) is 4.27. The molecule has 3 aromatic carbocycles. The highest BCUT2D eigenvalue weighted by Crippen LogP contribution is 2.26. The van der Waals surface area contributed by atoms with Crippen LogP contribution in [0.1, 0.15) is 22.3 Å². The second-order valence-electron chi connectivity index (χ2n) is 9.39. The van der Waals surface area contributed by atoms with E-state index in [1.54, 1.807) is 0 Å². The number of carbonyl (C=O) groups excluding carboxylic acids is 1. The second-order valence-corrected chi connectivity index (χ2v) is 9.39. The maximum absolute atomic E-state index is 13.8. The van der Waals surface area contributed by atoms with Gasteiger partial charge in [-0.25, -0.2) is 4.79 Å². The molecule has 0 spiro atoms. The summed E-state index contributed by atoms with van der Waals surface area (Å²) in [5.41, 5.74) is 5.38. The lowest BCUT2D eigenvalue weighted by atomic mass is 10.1. The maximum Gasteiger partial charge on any atom is 0.332 e. The largest absolute Gasteiger partial charge is 0.338 e. The van der Waals surface area contributed by atoms with Gasteiger partial charge in [0.15, 0.2) is 0 Å². The van der Waals surface area contributed by atoms with E-state index in [4.69, 9.17) is 0 Å². The third-order valence-corrected chi connectivity index (χ3v) is 6.65. The zero-order valence-electron chi connectivity index (χ0n) is 20.8. The van der Waals surface area contributed by atoms with E-state index in [1.807, 2.05) is 99.1 Å². The fourth-order valence-electron chi connectivity index (χ4n) is 4.85. The Bertz CT molecular complexity index is 1760. The zero-order chi connectivity index (χ0) is 25.6. The molecule has 0 bridgehead atoms. The summed E-state index contributed by atoms with van der Waals surface area (Å²) in [5.74, 6) is -0.333. The molecule has 2 heterocycles. The van der Waals surface area contributed by atoms with Gasteiger partial charge in [0.05, 0.1) is 17.6 Å². The van der Waals surface area contributed by atoms with Crippen molar-refractivity contribution in [1.29, 1.82) is 0 Å². The molecule has 1 N–H and O–H groups in total. The van der Waals surface area contributed by atoms with Gasteiger partial charge in [-0.2, -0.15) is 0 Å². The Morgan fingerprint density at radius 2 is 1.53 bits per heavy atom. The average molecular weight is 481 g/mol.